The Hall–Kier alpha value is -1.03. The fraction of sp³-hybridized carbons (Fsp3) is 0.500. The van der Waals surface area contributed by atoms with Crippen LogP contribution in [0.5, 0.6) is 0 Å². The van der Waals surface area contributed by atoms with Crippen LogP contribution in [0.2, 0.25) is 0 Å². The number of nitrogens with one attached hydrogen (secondary N) is 1. The van der Waals surface area contributed by atoms with Crippen molar-refractivity contribution in [1.82, 2.24) is 5.32 Å². The average Bonchev–Trinajstić information content (AvgIpc) is 1.98. The molecular weight excluding hydrogens is 134 g/mol. The molecule has 0 heterocycles. The van der Waals surface area contributed by atoms with E-state index in [1.165, 1.54) is 7.11 Å². The van der Waals surface area contributed by atoms with Crippen molar-refractivity contribution in [2.45, 2.75) is 0 Å². The van der Waals surface area contributed by atoms with Crippen molar-refractivity contribution >= 4 is 5.91 Å². The van der Waals surface area contributed by atoms with E-state index in [-0.39, 0.29) is 18.9 Å². The van der Waals surface area contributed by atoms with Crippen LogP contribution in [0.3, 0.4) is 0 Å². The van der Waals surface area contributed by atoms with Crippen LogP contribution >= 0.6 is 0 Å². The van der Waals surface area contributed by atoms with Crippen LogP contribution in [-0.4, -0.2) is 31.3 Å². The first-order valence-electron chi connectivity index (χ1n) is 2.84. The number of aliphatic hydroxyl groups is 1. The van der Waals surface area contributed by atoms with Crippen molar-refractivity contribution in [3.05, 3.63) is 12.3 Å². The minimum atomic E-state index is -0.392. The first-order valence-corrected chi connectivity index (χ1v) is 2.84. The molecule has 0 aliphatic carbocycles. The molecule has 10 heavy (non-hydrogen) atoms. The van der Waals surface area contributed by atoms with Gasteiger partial charge in [-0.05, 0) is 0 Å². The third kappa shape index (κ3) is 3.09. The maximum atomic E-state index is 10.7. The molecule has 0 spiro atoms. The second kappa shape index (κ2) is 4.81. The van der Waals surface area contributed by atoms with Crippen LogP contribution in [0.15, 0.2) is 12.3 Å². The van der Waals surface area contributed by atoms with Gasteiger partial charge in [0, 0.05) is 6.54 Å². The van der Waals surface area contributed by atoms with E-state index in [0.29, 0.717) is 0 Å². The first-order chi connectivity index (χ1) is 4.72. The highest BCUT2D eigenvalue weighted by atomic mass is 16.5. The molecule has 1 amide bonds. The summed E-state index contributed by atoms with van der Waals surface area (Å²) in [6.45, 7) is 3.45. The molecule has 0 aliphatic heterocycles. The predicted octanol–water partition coefficient (Wildman–Crippen LogP) is -0.745. The van der Waals surface area contributed by atoms with Crippen molar-refractivity contribution in [2.24, 2.45) is 0 Å². The molecule has 0 rings (SSSR count). The van der Waals surface area contributed by atoms with Crippen molar-refractivity contribution in [3.63, 3.8) is 0 Å². The van der Waals surface area contributed by atoms with Crippen LogP contribution in [0.4, 0.5) is 0 Å². The fourth-order valence-electron chi connectivity index (χ4n) is 0.361. The second-order valence-electron chi connectivity index (χ2n) is 1.61. The van der Waals surface area contributed by atoms with E-state index in [1.807, 2.05) is 0 Å². The number of ether oxygens (including phenoxy) is 1. The monoisotopic (exact) mass is 145 g/mol. The maximum absolute atomic E-state index is 10.7. The molecular formula is C6H11NO3. The van der Waals surface area contributed by atoms with E-state index in [0.717, 1.165) is 0 Å². The van der Waals surface area contributed by atoms with Crippen LogP contribution in [-0.2, 0) is 9.53 Å². The molecule has 0 saturated carbocycles. The molecule has 4 heteroatoms. The zero-order valence-corrected chi connectivity index (χ0v) is 5.89. The molecule has 0 aromatic heterocycles. The smallest absolute Gasteiger partial charge is 0.285 e. The number of hydrogen-bond donors (Lipinski definition) is 2. The normalized spacial score (nSPS) is 8.60. The molecule has 0 aliphatic rings. The zero-order chi connectivity index (χ0) is 7.98. The minimum absolute atomic E-state index is 0.0495. The van der Waals surface area contributed by atoms with Crippen LogP contribution in [0, 0.1) is 0 Å². The topological polar surface area (TPSA) is 58.6 Å². The largest absolute Gasteiger partial charge is 0.492 e. The number of amides is 1. The van der Waals surface area contributed by atoms with Crippen molar-refractivity contribution < 1.29 is 14.6 Å². The Kier molecular flexibility index (Phi) is 4.32. The summed E-state index contributed by atoms with van der Waals surface area (Å²) in [4.78, 5) is 10.7. The number of aliphatic hydroxyl groups excluding tert-OH is 1. The standard InChI is InChI=1S/C6H11NO3/c1-5(10-2)6(9)7-3-4-8/h8H,1,3-4H2,2H3,(H,7,9). The second-order valence-corrected chi connectivity index (χ2v) is 1.61. The molecule has 0 atom stereocenters. The zero-order valence-electron chi connectivity index (χ0n) is 5.89. The molecule has 0 unspecified atom stereocenters. The molecule has 0 fully saturated rings. The highest BCUT2D eigenvalue weighted by Gasteiger charge is 2.03. The molecule has 0 radical (unpaired) electrons. The Morgan fingerprint density at radius 3 is 2.80 bits per heavy atom. The summed E-state index contributed by atoms with van der Waals surface area (Å²) >= 11 is 0. The third-order valence-corrected chi connectivity index (χ3v) is 0.897. The van der Waals surface area contributed by atoms with Gasteiger partial charge in [0.25, 0.3) is 5.91 Å². The van der Waals surface area contributed by atoms with Gasteiger partial charge in [-0.2, -0.15) is 0 Å². The number of rotatable bonds is 4. The van der Waals surface area contributed by atoms with Gasteiger partial charge in [-0.1, -0.05) is 6.58 Å². The summed E-state index contributed by atoms with van der Waals surface area (Å²) in [6.07, 6.45) is 0. The van der Waals surface area contributed by atoms with Gasteiger partial charge < -0.3 is 15.2 Å². The third-order valence-electron chi connectivity index (χ3n) is 0.897. The molecule has 2 N–H and O–H groups in total. The predicted molar refractivity (Wildman–Crippen MR) is 36.2 cm³/mol. The highest BCUT2D eigenvalue weighted by Crippen LogP contribution is 1.87. The summed E-state index contributed by atoms with van der Waals surface area (Å²) in [6, 6.07) is 0. The van der Waals surface area contributed by atoms with Gasteiger partial charge in [0.15, 0.2) is 5.76 Å². The quantitative estimate of drug-likeness (QED) is 0.404. The molecule has 0 aromatic rings. The molecule has 0 saturated heterocycles. The lowest BCUT2D eigenvalue weighted by Crippen LogP contribution is -2.27. The van der Waals surface area contributed by atoms with Crippen LogP contribution in [0.1, 0.15) is 0 Å². The van der Waals surface area contributed by atoms with E-state index in [4.69, 9.17) is 5.11 Å². The van der Waals surface area contributed by atoms with E-state index in [1.54, 1.807) is 0 Å². The lowest BCUT2D eigenvalue weighted by Gasteiger charge is -2.03. The van der Waals surface area contributed by atoms with Crippen LogP contribution in [0.25, 0.3) is 0 Å². The lowest BCUT2D eigenvalue weighted by molar-refractivity contribution is -0.120. The van der Waals surface area contributed by atoms with E-state index < -0.39 is 5.91 Å². The summed E-state index contributed by atoms with van der Waals surface area (Å²) in [7, 11) is 1.36. The first kappa shape index (κ1) is 8.97. The Morgan fingerprint density at radius 1 is 1.80 bits per heavy atom. The molecule has 4 nitrogen and oxygen atoms in total. The molecule has 58 valence electrons. The minimum Gasteiger partial charge on any atom is -0.492 e. The van der Waals surface area contributed by atoms with Gasteiger partial charge in [-0.3, -0.25) is 4.79 Å². The van der Waals surface area contributed by atoms with E-state index >= 15 is 0 Å². The van der Waals surface area contributed by atoms with Gasteiger partial charge in [-0.15, -0.1) is 0 Å². The SMILES string of the molecule is C=C(OC)C(=O)NCCO. The molecule has 0 aromatic carbocycles. The summed E-state index contributed by atoms with van der Waals surface area (Å²) in [5.41, 5.74) is 0. The van der Waals surface area contributed by atoms with Gasteiger partial charge >= 0.3 is 0 Å². The number of hydrogen-bond acceptors (Lipinski definition) is 3. The van der Waals surface area contributed by atoms with Gasteiger partial charge in [0.1, 0.15) is 0 Å². The van der Waals surface area contributed by atoms with E-state index in [2.05, 4.69) is 16.6 Å². The average molecular weight is 145 g/mol. The van der Waals surface area contributed by atoms with Gasteiger partial charge in [-0.25, -0.2) is 0 Å². The van der Waals surface area contributed by atoms with Crippen molar-refractivity contribution in [2.75, 3.05) is 20.3 Å². The van der Waals surface area contributed by atoms with Gasteiger partial charge in [0.2, 0.25) is 0 Å². The highest BCUT2D eigenvalue weighted by molar-refractivity contribution is 5.90. The number of carbonyl (C=O) groups is 1. The Bertz CT molecular complexity index is 133. The Morgan fingerprint density at radius 2 is 2.40 bits per heavy atom. The fourth-order valence-corrected chi connectivity index (χ4v) is 0.361. The van der Waals surface area contributed by atoms with Gasteiger partial charge in [0.05, 0.1) is 13.7 Å². The summed E-state index contributed by atoms with van der Waals surface area (Å²) in [5.74, 6) is -0.343. The van der Waals surface area contributed by atoms with Crippen molar-refractivity contribution in [3.8, 4) is 0 Å². The molecule has 0 bridgehead atoms. The summed E-state index contributed by atoms with van der Waals surface area (Å²) in [5, 5.41) is 10.7. The lowest BCUT2D eigenvalue weighted by atomic mass is 10.5. The summed E-state index contributed by atoms with van der Waals surface area (Å²) < 4.78 is 4.52. The number of methoxy groups -OCH3 is 1. The Labute approximate surface area is 59.5 Å². The van der Waals surface area contributed by atoms with Crippen molar-refractivity contribution in [1.29, 1.82) is 0 Å². The van der Waals surface area contributed by atoms with E-state index in [9.17, 15) is 4.79 Å². The maximum Gasteiger partial charge on any atom is 0.285 e. The van der Waals surface area contributed by atoms with Crippen LogP contribution < -0.4 is 5.32 Å². The number of carbonyl (C=O) groups excluding carboxylic acids is 1. The Balaban J connectivity index is 3.52.